The van der Waals surface area contributed by atoms with Crippen molar-refractivity contribution in [2.24, 2.45) is 0 Å². The van der Waals surface area contributed by atoms with Gasteiger partial charge in [0.05, 0.1) is 16.4 Å². The van der Waals surface area contributed by atoms with Gasteiger partial charge in [0, 0.05) is 18.9 Å². The van der Waals surface area contributed by atoms with Crippen molar-refractivity contribution in [2.75, 3.05) is 7.05 Å². The average Bonchev–Trinajstić information content (AvgIpc) is 2.74. The highest BCUT2D eigenvalue weighted by Gasteiger charge is 2.22. The molecule has 1 N–H and O–H groups in total. The summed E-state index contributed by atoms with van der Waals surface area (Å²) in [6.45, 7) is 4.85. The third kappa shape index (κ3) is 2.44. The van der Waals surface area contributed by atoms with E-state index in [1.807, 2.05) is 31.0 Å². The summed E-state index contributed by atoms with van der Waals surface area (Å²) in [4.78, 5) is 8.77. The fraction of sp³-hybridized carbons (Fsp3) is 0.417. The van der Waals surface area contributed by atoms with E-state index >= 15 is 0 Å². The van der Waals surface area contributed by atoms with Gasteiger partial charge >= 0.3 is 0 Å². The third-order valence-electron chi connectivity index (χ3n) is 2.75. The van der Waals surface area contributed by atoms with Gasteiger partial charge in [-0.05, 0) is 42.4 Å². The van der Waals surface area contributed by atoms with Crippen LogP contribution in [-0.4, -0.2) is 26.8 Å². The van der Waals surface area contributed by atoms with Gasteiger partial charge in [-0.25, -0.2) is 9.97 Å². The summed E-state index contributed by atoms with van der Waals surface area (Å²) in [6, 6.07) is -0.0672. The summed E-state index contributed by atoms with van der Waals surface area (Å²) in [5, 5.41) is 7.56. The first-order chi connectivity index (χ1) is 8.67. The fourth-order valence-corrected chi connectivity index (χ4v) is 2.38. The summed E-state index contributed by atoms with van der Waals surface area (Å²) in [5.41, 5.74) is 2.10. The number of hydrogen-bond donors (Lipinski definition) is 1. The molecule has 0 aromatic carbocycles. The molecule has 2 aromatic rings. The quantitative estimate of drug-likeness (QED) is 0.939. The lowest BCUT2D eigenvalue weighted by atomic mass is 10.2. The van der Waals surface area contributed by atoms with Gasteiger partial charge in [-0.1, -0.05) is 0 Å². The molecule has 2 aromatic heterocycles. The van der Waals surface area contributed by atoms with Crippen LogP contribution in [0.4, 0.5) is 0 Å². The van der Waals surface area contributed by atoms with Gasteiger partial charge in [-0.2, -0.15) is 5.10 Å². The highest BCUT2D eigenvalue weighted by molar-refractivity contribution is 9.10. The van der Waals surface area contributed by atoms with E-state index in [4.69, 9.17) is 0 Å². The van der Waals surface area contributed by atoms with E-state index in [1.54, 1.807) is 6.20 Å². The maximum absolute atomic E-state index is 4.39. The Labute approximate surface area is 115 Å². The Hall–Kier alpha value is -1.27. The second-order valence-electron chi connectivity index (χ2n) is 4.03. The highest BCUT2D eigenvalue weighted by Crippen LogP contribution is 2.26. The van der Waals surface area contributed by atoms with Crippen molar-refractivity contribution in [2.45, 2.75) is 26.4 Å². The lowest BCUT2D eigenvalue weighted by Gasteiger charge is -2.17. The van der Waals surface area contributed by atoms with E-state index in [0.29, 0.717) is 0 Å². The maximum Gasteiger partial charge on any atom is 0.151 e. The molecule has 0 radical (unpaired) electrons. The molecule has 5 nitrogen and oxygen atoms in total. The number of aromatic nitrogens is 4. The summed E-state index contributed by atoms with van der Waals surface area (Å²) >= 11 is 3.53. The second kappa shape index (κ2) is 5.58. The number of nitrogens with zero attached hydrogens (tertiary/aromatic N) is 4. The number of hydrogen-bond acceptors (Lipinski definition) is 4. The van der Waals surface area contributed by atoms with Crippen molar-refractivity contribution in [1.29, 1.82) is 0 Å². The largest absolute Gasteiger partial charge is 0.305 e. The Balaban J connectivity index is 2.44. The van der Waals surface area contributed by atoms with Crippen LogP contribution in [0.2, 0.25) is 0 Å². The molecule has 1 atom stereocenters. The Morgan fingerprint density at radius 1 is 1.33 bits per heavy atom. The molecule has 0 aliphatic carbocycles. The Morgan fingerprint density at radius 2 is 2.00 bits per heavy atom. The van der Waals surface area contributed by atoms with Crippen LogP contribution in [0.25, 0.3) is 0 Å². The smallest absolute Gasteiger partial charge is 0.151 e. The van der Waals surface area contributed by atoms with Crippen LogP contribution in [0.5, 0.6) is 0 Å². The molecule has 0 saturated heterocycles. The first-order valence-electron chi connectivity index (χ1n) is 5.84. The van der Waals surface area contributed by atoms with Crippen molar-refractivity contribution in [1.82, 2.24) is 25.1 Å². The molecule has 0 aliphatic rings. The summed E-state index contributed by atoms with van der Waals surface area (Å²) in [7, 11) is 1.90. The zero-order valence-corrected chi connectivity index (χ0v) is 12.3. The lowest BCUT2D eigenvalue weighted by Crippen LogP contribution is -2.24. The van der Waals surface area contributed by atoms with Gasteiger partial charge in [0.15, 0.2) is 5.82 Å². The fourth-order valence-electron chi connectivity index (χ4n) is 1.85. The van der Waals surface area contributed by atoms with Crippen LogP contribution in [0.3, 0.4) is 0 Å². The predicted octanol–water partition coefficient (Wildman–Crippen LogP) is 2.07. The molecular weight excluding hydrogens is 294 g/mol. The van der Waals surface area contributed by atoms with Crippen molar-refractivity contribution in [3.63, 3.8) is 0 Å². The zero-order valence-electron chi connectivity index (χ0n) is 10.7. The summed E-state index contributed by atoms with van der Waals surface area (Å²) in [6.07, 6.45) is 5.46. The van der Waals surface area contributed by atoms with Crippen LogP contribution >= 0.6 is 15.9 Å². The molecule has 96 valence electrons. The van der Waals surface area contributed by atoms with E-state index in [0.717, 1.165) is 28.1 Å². The summed E-state index contributed by atoms with van der Waals surface area (Å²) < 4.78 is 2.90. The average molecular weight is 310 g/mol. The maximum atomic E-state index is 4.39. The van der Waals surface area contributed by atoms with Crippen LogP contribution in [-0.2, 0) is 6.54 Å². The molecule has 0 spiro atoms. The van der Waals surface area contributed by atoms with Gasteiger partial charge < -0.3 is 5.32 Å². The van der Waals surface area contributed by atoms with Crippen molar-refractivity contribution in [3.05, 3.63) is 40.1 Å². The zero-order chi connectivity index (χ0) is 13.1. The minimum atomic E-state index is -0.0672. The third-order valence-corrected chi connectivity index (χ3v) is 3.36. The van der Waals surface area contributed by atoms with Gasteiger partial charge in [0.2, 0.25) is 0 Å². The van der Waals surface area contributed by atoms with Crippen LogP contribution < -0.4 is 5.32 Å². The molecule has 6 heteroatoms. The lowest BCUT2D eigenvalue weighted by molar-refractivity contribution is 0.544. The molecule has 0 fully saturated rings. The van der Waals surface area contributed by atoms with Crippen LogP contribution in [0.15, 0.2) is 23.1 Å². The minimum absolute atomic E-state index is 0.0672. The van der Waals surface area contributed by atoms with E-state index in [9.17, 15) is 0 Å². The molecule has 18 heavy (non-hydrogen) atoms. The molecule has 0 aliphatic heterocycles. The van der Waals surface area contributed by atoms with Gasteiger partial charge in [-0.15, -0.1) is 0 Å². The SMILES string of the molecule is CCn1ncc(Br)c1C(NC)c1ncc(C)cn1. The van der Waals surface area contributed by atoms with Gasteiger partial charge in [-0.3, -0.25) is 4.68 Å². The predicted molar refractivity (Wildman–Crippen MR) is 73.3 cm³/mol. The Kier molecular flexibility index (Phi) is 4.08. The van der Waals surface area contributed by atoms with E-state index in [1.165, 1.54) is 0 Å². The highest BCUT2D eigenvalue weighted by atomic mass is 79.9. The molecule has 0 amide bonds. The van der Waals surface area contributed by atoms with Gasteiger partial charge in [0.1, 0.15) is 6.04 Å². The Morgan fingerprint density at radius 3 is 2.56 bits per heavy atom. The first kappa shape index (κ1) is 13.2. The Bertz CT molecular complexity index is 520. The van der Waals surface area contributed by atoms with Crippen LogP contribution in [0.1, 0.15) is 30.0 Å². The van der Waals surface area contributed by atoms with E-state index in [2.05, 4.69) is 43.2 Å². The number of halogens is 1. The van der Waals surface area contributed by atoms with E-state index in [-0.39, 0.29) is 6.04 Å². The molecule has 0 saturated carbocycles. The van der Waals surface area contributed by atoms with Crippen molar-refractivity contribution >= 4 is 15.9 Å². The first-order valence-corrected chi connectivity index (χ1v) is 6.63. The molecular formula is C12H16BrN5. The van der Waals surface area contributed by atoms with Crippen molar-refractivity contribution < 1.29 is 0 Å². The number of rotatable bonds is 4. The second-order valence-corrected chi connectivity index (χ2v) is 4.89. The monoisotopic (exact) mass is 309 g/mol. The molecule has 1 unspecified atom stereocenters. The molecule has 2 heterocycles. The number of aryl methyl sites for hydroxylation is 2. The van der Waals surface area contributed by atoms with Crippen molar-refractivity contribution in [3.8, 4) is 0 Å². The minimum Gasteiger partial charge on any atom is -0.305 e. The van der Waals surface area contributed by atoms with E-state index < -0.39 is 0 Å². The molecule has 2 rings (SSSR count). The summed E-state index contributed by atoms with van der Waals surface area (Å²) in [5.74, 6) is 0.749. The van der Waals surface area contributed by atoms with Crippen LogP contribution in [0, 0.1) is 6.92 Å². The van der Waals surface area contributed by atoms with Gasteiger partial charge in [0.25, 0.3) is 0 Å². The standard InChI is InChI=1S/C12H16BrN5/c1-4-18-11(9(13)7-17-18)10(14-3)12-15-5-8(2)6-16-12/h5-7,10,14H,4H2,1-3H3. The topological polar surface area (TPSA) is 55.6 Å². The number of nitrogens with one attached hydrogen (secondary N) is 1. The normalized spacial score (nSPS) is 12.7. The molecule has 0 bridgehead atoms.